The molecule has 0 atom stereocenters. The molecule has 4 rings (SSSR count). The predicted molar refractivity (Wildman–Crippen MR) is 95.8 cm³/mol. The van der Waals surface area contributed by atoms with Crippen LogP contribution in [0.1, 0.15) is 21.9 Å². The van der Waals surface area contributed by atoms with Crippen molar-refractivity contribution in [2.75, 3.05) is 0 Å². The zero-order valence-electron chi connectivity index (χ0n) is 13.8. The fourth-order valence-electron chi connectivity index (χ4n) is 2.55. The van der Waals surface area contributed by atoms with Crippen molar-refractivity contribution in [2.24, 2.45) is 0 Å². The van der Waals surface area contributed by atoms with Gasteiger partial charge in [0, 0.05) is 23.5 Å². The van der Waals surface area contributed by atoms with Crippen molar-refractivity contribution in [2.45, 2.75) is 13.5 Å². The molecule has 0 saturated carbocycles. The molecule has 26 heavy (non-hydrogen) atoms. The van der Waals surface area contributed by atoms with E-state index in [9.17, 15) is 4.79 Å². The summed E-state index contributed by atoms with van der Waals surface area (Å²) in [5, 5.41) is 7.24. The monoisotopic (exact) mass is 367 g/mol. The van der Waals surface area contributed by atoms with E-state index in [-0.39, 0.29) is 5.91 Å². The Labute approximate surface area is 153 Å². The summed E-state index contributed by atoms with van der Waals surface area (Å²) in [6, 6.07) is 10.6. The molecule has 0 unspecified atom stereocenters. The largest absolute Gasteiger partial charge is 0.346 e. The highest BCUT2D eigenvalue weighted by Gasteiger charge is 2.10. The van der Waals surface area contributed by atoms with Gasteiger partial charge in [0.15, 0.2) is 5.82 Å². The van der Waals surface area contributed by atoms with Gasteiger partial charge in [-0.15, -0.1) is 0 Å². The number of halogens is 1. The number of rotatable bonds is 4. The van der Waals surface area contributed by atoms with E-state index < -0.39 is 0 Å². The molecule has 0 radical (unpaired) electrons. The van der Waals surface area contributed by atoms with Crippen molar-refractivity contribution in [3.63, 3.8) is 0 Å². The molecule has 1 N–H and O–H groups in total. The Bertz CT molecular complexity index is 1080. The van der Waals surface area contributed by atoms with Crippen LogP contribution in [-0.4, -0.2) is 25.4 Å². The normalized spacial score (nSPS) is 11.0. The van der Waals surface area contributed by atoms with Gasteiger partial charge in [-0.3, -0.25) is 4.79 Å². The molecule has 3 heterocycles. The summed E-state index contributed by atoms with van der Waals surface area (Å²) in [5.74, 6) is 0.807. The first-order valence-electron chi connectivity index (χ1n) is 7.90. The van der Waals surface area contributed by atoms with Crippen molar-refractivity contribution < 1.29 is 9.32 Å². The van der Waals surface area contributed by atoms with Crippen molar-refractivity contribution in [3.8, 4) is 11.5 Å². The first kappa shape index (κ1) is 16.3. The predicted octanol–water partition coefficient (Wildman–Crippen LogP) is 3.28. The van der Waals surface area contributed by atoms with Gasteiger partial charge >= 0.3 is 0 Å². The van der Waals surface area contributed by atoms with Gasteiger partial charge in [-0.05, 0) is 43.3 Å². The second-order valence-corrected chi connectivity index (χ2v) is 6.19. The quantitative estimate of drug-likeness (QED) is 0.598. The van der Waals surface area contributed by atoms with Crippen LogP contribution in [-0.2, 0) is 6.54 Å². The van der Waals surface area contributed by atoms with Crippen molar-refractivity contribution in [1.29, 1.82) is 0 Å². The Kier molecular flexibility index (Phi) is 4.14. The highest BCUT2D eigenvalue weighted by atomic mass is 35.5. The van der Waals surface area contributed by atoms with Gasteiger partial charge in [-0.2, -0.15) is 4.98 Å². The lowest BCUT2D eigenvalue weighted by molar-refractivity contribution is 0.0950. The summed E-state index contributed by atoms with van der Waals surface area (Å²) in [7, 11) is 0. The minimum absolute atomic E-state index is 0.187. The van der Waals surface area contributed by atoms with Crippen LogP contribution < -0.4 is 5.32 Å². The van der Waals surface area contributed by atoms with Crippen LogP contribution >= 0.6 is 11.6 Å². The number of carbonyl (C=O) groups is 1. The Morgan fingerprint density at radius 3 is 2.69 bits per heavy atom. The SMILES string of the molecule is Cc1noc(-c2ccc(C(=O)NCc3cn4cc(Cl)ccc4n3)cc2)n1. The van der Waals surface area contributed by atoms with Crippen LogP contribution in [0.4, 0.5) is 0 Å². The van der Waals surface area contributed by atoms with Crippen molar-refractivity contribution in [1.82, 2.24) is 24.8 Å². The number of imidazole rings is 1. The molecule has 130 valence electrons. The van der Waals surface area contributed by atoms with Gasteiger partial charge in [0.25, 0.3) is 11.8 Å². The number of nitrogens with one attached hydrogen (secondary N) is 1. The van der Waals surface area contributed by atoms with Crippen LogP contribution in [0.3, 0.4) is 0 Å². The van der Waals surface area contributed by atoms with Gasteiger partial charge < -0.3 is 14.2 Å². The van der Waals surface area contributed by atoms with E-state index >= 15 is 0 Å². The first-order valence-corrected chi connectivity index (χ1v) is 8.28. The number of pyridine rings is 1. The van der Waals surface area contributed by atoms with E-state index in [1.54, 1.807) is 43.5 Å². The van der Waals surface area contributed by atoms with Crippen LogP contribution in [0, 0.1) is 6.92 Å². The van der Waals surface area contributed by atoms with Gasteiger partial charge in [-0.1, -0.05) is 16.8 Å². The molecule has 7 nitrogen and oxygen atoms in total. The van der Waals surface area contributed by atoms with Crippen LogP contribution in [0.25, 0.3) is 17.1 Å². The standard InChI is InChI=1S/C18H14ClN5O2/c1-11-21-18(26-23-11)13-4-2-12(3-5-13)17(25)20-8-15-10-24-9-14(19)6-7-16(24)22-15/h2-7,9-10H,8H2,1H3,(H,20,25). The number of benzene rings is 1. The fourth-order valence-corrected chi connectivity index (χ4v) is 2.72. The average Bonchev–Trinajstić information content (AvgIpc) is 3.25. The summed E-state index contributed by atoms with van der Waals surface area (Å²) in [6.07, 6.45) is 3.61. The van der Waals surface area contributed by atoms with Crippen LogP contribution in [0.2, 0.25) is 5.02 Å². The maximum atomic E-state index is 12.3. The number of carbonyl (C=O) groups excluding carboxylic acids is 1. The molecule has 0 bridgehead atoms. The molecule has 0 fully saturated rings. The Morgan fingerprint density at radius 1 is 1.15 bits per heavy atom. The number of aryl methyl sites for hydroxylation is 1. The minimum Gasteiger partial charge on any atom is -0.346 e. The lowest BCUT2D eigenvalue weighted by Crippen LogP contribution is -2.22. The van der Waals surface area contributed by atoms with E-state index in [2.05, 4.69) is 20.4 Å². The number of nitrogens with zero attached hydrogens (tertiary/aromatic N) is 4. The third-order valence-electron chi connectivity index (χ3n) is 3.82. The van der Waals surface area contributed by atoms with E-state index in [1.165, 1.54) is 0 Å². The average molecular weight is 368 g/mol. The lowest BCUT2D eigenvalue weighted by atomic mass is 10.1. The summed E-state index contributed by atoms with van der Waals surface area (Å²) < 4.78 is 6.94. The van der Waals surface area contributed by atoms with Gasteiger partial charge in [0.2, 0.25) is 0 Å². The fraction of sp³-hybridized carbons (Fsp3) is 0.111. The number of hydrogen-bond acceptors (Lipinski definition) is 5. The van der Waals surface area contributed by atoms with E-state index in [0.29, 0.717) is 28.8 Å². The first-order chi connectivity index (χ1) is 12.6. The Hall–Kier alpha value is -3.19. The summed E-state index contributed by atoms with van der Waals surface area (Å²) >= 11 is 5.96. The zero-order chi connectivity index (χ0) is 18.1. The summed E-state index contributed by atoms with van der Waals surface area (Å²) in [6.45, 7) is 2.07. The van der Waals surface area contributed by atoms with E-state index in [0.717, 1.165) is 16.9 Å². The van der Waals surface area contributed by atoms with Gasteiger partial charge in [-0.25, -0.2) is 4.98 Å². The maximum Gasteiger partial charge on any atom is 0.257 e. The number of amides is 1. The van der Waals surface area contributed by atoms with Gasteiger partial charge in [0.05, 0.1) is 17.3 Å². The van der Waals surface area contributed by atoms with Crippen molar-refractivity contribution in [3.05, 3.63) is 70.9 Å². The molecule has 1 amide bonds. The molecule has 4 aromatic rings. The minimum atomic E-state index is -0.187. The van der Waals surface area contributed by atoms with Crippen LogP contribution in [0.15, 0.2) is 53.3 Å². The van der Waals surface area contributed by atoms with E-state index in [4.69, 9.17) is 16.1 Å². The molecule has 1 aromatic carbocycles. The molecule has 0 spiro atoms. The summed E-state index contributed by atoms with van der Waals surface area (Å²) in [4.78, 5) is 20.9. The lowest BCUT2D eigenvalue weighted by Gasteiger charge is -2.03. The van der Waals surface area contributed by atoms with E-state index in [1.807, 2.05) is 16.7 Å². The Morgan fingerprint density at radius 2 is 1.96 bits per heavy atom. The molecule has 3 aromatic heterocycles. The molecule has 0 saturated heterocycles. The van der Waals surface area contributed by atoms with Crippen molar-refractivity contribution >= 4 is 23.2 Å². The molecule has 0 aliphatic heterocycles. The second kappa shape index (κ2) is 6.61. The molecule has 0 aliphatic carbocycles. The smallest absolute Gasteiger partial charge is 0.257 e. The second-order valence-electron chi connectivity index (χ2n) is 5.75. The third-order valence-corrected chi connectivity index (χ3v) is 4.04. The summed E-state index contributed by atoms with van der Waals surface area (Å²) in [5.41, 5.74) is 2.83. The Balaban J connectivity index is 1.44. The third kappa shape index (κ3) is 3.29. The molecule has 0 aliphatic rings. The highest BCUT2D eigenvalue weighted by Crippen LogP contribution is 2.17. The van der Waals surface area contributed by atoms with Crippen LogP contribution in [0.5, 0.6) is 0 Å². The number of fused-ring (bicyclic) bond motifs is 1. The highest BCUT2D eigenvalue weighted by molar-refractivity contribution is 6.30. The number of aromatic nitrogens is 4. The molecular formula is C18H14ClN5O2. The molecular weight excluding hydrogens is 354 g/mol. The van der Waals surface area contributed by atoms with Gasteiger partial charge in [0.1, 0.15) is 5.65 Å². The zero-order valence-corrected chi connectivity index (χ0v) is 14.6. The maximum absolute atomic E-state index is 12.3. The number of hydrogen-bond donors (Lipinski definition) is 1. The topological polar surface area (TPSA) is 85.3 Å². The molecule has 8 heteroatoms.